The average molecular weight is 286 g/mol. The van der Waals surface area contributed by atoms with Crippen LogP contribution in [0.4, 0.5) is 0 Å². The molecule has 0 aromatic heterocycles. The molecule has 5 nitrogen and oxygen atoms in total. The number of hydrogen-bond acceptors (Lipinski definition) is 5. The van der Waals surface area contributed by atoms with E-state index < -0.39 is 5.97 Å². The van der Waals surface area contributed by atoms with E-state index >= 15 is 0 Å². The van der Waals surface area contributed by atoms with E-state index in [9.17, 15) is 14.7 Å². The van der Waals surface area contributed by atoms with Crippen LogP contribution in [-0.4, -0.2) is 24.0 Å². The van der Waals surface area contributed by atoms with Gasteiger partial charge in [0.15, 0.2) is 11.5 Å². The number of phenolic OH excluding ortho intramolecular Hbond substituents is 1. The second-order valence-corrected chi connectivity index (χ2v) is 4.19. The van der Waals surface area contributed by atoms with Crippen molar-refractivity contribution in [1.29, 1.82) is 0 Å². The maximum Gasteiger partial charge on any atom is 0.343 e. The number of carbonyl (C=O) groups excluding carboxylic acids is 2. The number of aldehydes is 1. The molecule has 108 valence electrons. The van der Waals surface area contributed by atoms with Crippen molar-refractivity contribution < 1.29 is 24.2 Å². The molecule has 2 aromatic carbocycles. The minimum atomic E-state index is -0.574. The molecular weight excluding hydrogens is 272 g/mol. The Kier molecular flexibility index (Phi) is 4.56. The van der Waals surface area contributed by atoms with Crippen molar-refractivity contribution in [3.05, 3.63) is 53.6 Å². The molecule has 0 spiro atoms. The van der Waals surface area contributed by atoms with E-state index in [4.69, 9.17) is 9.47 Å². The van der Waals surface area contributed by atoms with E-state index in [1.54, 1.807) is 6.92 Å². The minimum absolute atomic E-state index is 0.0666. The van der Waals surface area contributed by atoms with Crippen molar-refractivity contribution in [3.63, 3.8) is 0 Å². The highest BCUT2D eigenvalue weighted by molar-refractivity contribution is 5.91. The van der Waals surface area contributed by atoms with Crippen LogP contribution in [0.5, 0.6) is 17.2 Å². The van der Waals surface area contributed by atoms with Crippen LogP contribution in [0, 0.1) is 0 Å². The van der Waals surface area contributed by atoms with Crippen molar-refractivity contribution >= 4 is 12.3 Å². The summed E-state index contributed by atoms with van der Waals surface area (Å²) < 4.78 is 10.6. The van der Waals surface area contributed by atoms with Crippen molar-refractivity contribution in [2.24, 2.45) is 0 Å². The summed E-state index contributed by atoms with van der Waals surface area (Å²) in [7, 11) is 0. The molecule has 2 aromatic rings. The van der Waals surface area contributed by atoms with Gasteiger partial charge in [-0.1, -0.05) is 0 Å². The molecule has 0 fully saturated rings. The number of hydrogen-bond donors (Lipinski definition) is 1. The number of phenols is 1. The third-order valence-electron chi connectivity index (χ3n) is 2.71. The fourth-order valence-electron chi connectivity index (χ4n) is 1.71. The molecular formula is C16H14O5. The average Bonchev–Trinajstić information content (AvgIpc) is 2.49. The third kappa shape index (κ3) is 3.60. The van der Waals surface area contributed by atoms with Crippen molar-refractivity contribution in [2.75, 3.05) is 6.61 Å². The monoisotopic (exact) mass is 286 g/mol. The Bertz CT molecular complexity index is 646. The maximum atomic E-state index is 12.0. The van der Waals surface area contributed by atoms with Crippen molar-refractivity contribution in [3.8, 4) is 17.2 Å². The van der Waals surface area contributed by atoms with Gasteiger partial charge in [0.25, 0.3) is 0 Å². The Hall–Kier alpha value is -2.82. The smallest absolute Gasteiger partial charge is 0.343 e. The number of aromatic hydroxyl groups is 1. The summed E-state index contributed by atoms with van der Waals surface area (Å²) in [6, 6.07) is 10.3. The van der Waals surface area contributed by atoms with E-state index in [-0.39, 0.29) is 11.5 Å². The zero-order chi connectivity index (χ0) is 15.2. The fraction of sp³-hybridized carbons (Fsp3) is 0.125. The Morgan fingerprint density at radius 3 is 2.48 bits per heavy atom. The second kappa shape index (κ2) is 6.56. The Labute approximate surface area is 121 Å². The van der Waals surface area contributed by atoms with Gasteiger partial charge in [-0.05, 0) is 49.4 Å². The first kappa shape index (κ1) is 14.6. The van der Waals surface area contributed by atoms with Crippen LogP contribution in [0.2, 0.25) is 0 Å². The second-order valence-electron chi connectivity index (χ2n) is 4.19. The fourth-order valence-corrected chi connectivity index (χ4v) is 1.71. The van der Waals surface area contributed by atoms with Crippen LogP contribution in [-0.2, 0) is 0 Å². The van der Waals surface area contributed by atoms with Gasteiger partial charge in [-0.15, -0.1) is 0 Å². The third-order valence-corrected chi connectivity index (χ3v) is 2.71. The Balaban J connectivity index is 2.23. The lowest BCUT2D eigenvalue weighted by molar-refractivity contribution is 0.0728. The first-order chi connectivity index (χ1) is 10.1. The molecule has 21 heavy (non-hydrogen) atoms. The number of rotatable bonds is 5. The quantitative estimate of drug-likeness (QED) is 0.520. The summed E-state index contributed by atoms with van der Waals surface area (Å²) >= 11 is 0. The van der Waals surface area contributed by atoms with Gasteiger partial charge in [0.1, 0.15) is 12.0 Å². The molecule has 5 heteroatoms. The lowest BCUT2D eigenvalue weighted by Gasteiger charge is -2.11. The first-order valence-electron chi connectivity index (χ1n) is 6.37. The normalized spacial score (nSPS) is 9.95. The van der Waals surface area contributed by atoms with Crippen molar-refractivity contribution in [1.82, 2.24) is 0 Å². The molecule has 0 radical (unpaired) electrons. The molecule has 0 heterocycles. The topological polar surface area (TPSA) is 72.8 Å². The summed E-state index contributed by atoms with van der Waals surface area (Å²) in [5.74, 6) is 0.0569. The first-order valence-corrected chi connectivity index (χ1v) is 6.37. The Morgan fingerprint density at radius 1 is 1.14 bits per heavy atom. The highest BCUT2D eigenvalue weighted by Crippen LogP contribution is 2.29. The molecule has 0 saturated heterocycles. The zero-order valence-corrected chi connectivity index (χ0v) is 11.4. The number of ether oxygens (including phenoxy) is 2. The van der Waals surface area contributed by atoms with E-state index in [0.717, 1.165) is 0 Å². The molecule has 0 atom stereocenters. The van der Waals surface area contributed by atoms with Crippen LogP contribution < -0.4 is 9.47 Å². The minimum Gasteiger partial charge on any atom is -0.508 e. The predicted octanol–water partition coefficient (Wildman–Crippen LogP) is 2.82. The van der Waals surface area contributed by atoms with Crippen LogP contribution in [0.1, 0.15) is 27.6 Å². The van der Waals surface area contributed by atoms with Gasteiger partial charge in [0, 0.05) is 5.56 Å². The molecule has 2 rings (SSSR count). The molecule has 0 bridgehead atoms. The van der Waals surface area contributed by atoms with E-state index in [1.165, 1.54) is 42.5 Å². The van der Waals surface area contributed by atoms with Gasteiger partial charge < -0.3 is 14.6 Å². The highest BCUT2D eigenvalue weighted by Gasteiger charge is 2.13. The van der Waals surface area contributed by atoms with Gasteiger partial charge in [-0.25, -0.2) is 4.79 Å². The van der Waals surface area contributed by atoms with Crippen LogP contribution >= 0.6 is 0 Å². The van der Waals surface area contributed by atoms with E-state index in [2.05, 4.69) is 0 Å². The van der Waals surface area contributed by atoms with Gasteiger partial charge in [0.2, 0.25) is 0 Å². The summed E-state index contributed by atoms with van der Waals surface area (Å²) in [5, 5.41) is 9.19. The van der Waals surface area contributed by atoms with Gasteiger partial charge in [-0.3, -0.25) is 4.79 Å². The SMILES string of the molecule is CCOc1cc(C=O)ccc1OC(=O)c1ccc(O)cc1. The largest absolute Gasteiger partial charge is 0.508 e. The lowest BCUT2D eigenvalue weighted by atomic mass is 10.2. The standard InChI is InChI=1S/C16H14O5/c1-2-20-15-9-11(10-17)3-8-14(15)21-16(19)12-4-6-13(18)7-5-12/h3-10,18H,2H2,1H3. The molecule has 0 unspecified atom stereocenters. The molecule has 0 aliphatic carbocycles. The zero-order valence-electron chi connectivity index (χ0n) is 11.4. The van der Waals surface area contributed by atoms with Crippen LogP contribution in [0.3, 0.4) is 0 Å². The molecule has 0 saturated carbocycles. The number of benzene rings is 2. The molecule has 0 aliphatic heterocycles. The summed E-state index contributed by atoms with van der Waals surface area (Å²) in [5.41, 5.74) is 0.734. The Morgan fingerprint density at radius 2 is 1.86 bits per heavy atom. The van der Waals surface area contributed by atoms with Crippen LogP contribution in [0.15, 0.2) is 42.5 Å². The summed E-state index contributed by atoms with van der Waals surface area (Å²) in [6.07, 6.45) is 0.689. The molecule has 0 amide bonds. The van der Waals surface area contributed by atoms with Gasteiger partial charge in [-0.2, -0.15) is 0 Å². The number of esters is 1. The summed E-state index contributed by atoms with van der Waals surface area (Å²) in [6.45, 7) is 2.17. The van der Waals surface area contributed by atoms with Gasteiger partial charge in [0.05, 0.1) is 12.2 Å². The van der Waals surface area contributed by atoms with Gasteiger partial charge >= 0.3 is 5.97 Å². The molecule has 1 N–H and O–H groups in total. The summed E-state index contributed by atoms with van der Waals surface area (Å²) in [4.78, 5) is 22.8. The lowest BCUT2D eigenvalue weighted by Crippen LogP contribution is -2.09. The highest BCUT2D eigenvalue weighted by atomic mass is 16.6. The van der Waals surface area contributed by atoms with Crippen LogP contribution in [0.25, 0.3) is 0 Å². The van der Waals surface area contributed by atoms with E-state index in [0.29, 0.717) is 29.8 Å². The van der Waals surface area contributed by atoms with E-state index in [1.807, 2.05) is 0 Å². The maximum absolute atomic E-state index is 12.0. The predicted molar refractivity (Wildman–Crippen MR) is 76.1 cm³/mol. The van der Waals surface area contributed by atoms with Crippen molar-refractivity contribution in [2.45, 2.75) is 6.92 Å². The number of carbonyl (C=O) groups is 2. The molecule has 0 aliphatic rings.